The first-order valence-corrected chi connectivity index (χ1v) is 9.57. The lowest BCUT2D eigenvalue weighted by molar-refractivity contribution is 0.0684. The Bertz CT molecular complexity index is 879. The summed E-state index contributed by atoms with van der Waals surface area (Å²) in [5, 5.41) is 2.95. The fourth-order valence-corrected chi connectivity index (χ4v) is 3.46. The van der Waals surface area contributed by atoms with Crippen molar-refractivity contribution in [2.45, 2.75) is 12.8 Å². The number of rotatable bonds is 6. The number of carbonyl (C=O) groups excluding carboxylic acids is 2. The van der Waals surface area contributed by atoms with E-state index in [1.807, 2.05) is 0 Å². The van der Waals surface area contributed by atoms with Gasteiger partial charge in [-0.05, 0) is 55.2 Å². The molecule has 29 heavy (non-hydrogen) atoms. The molecular weight excluding hydrogens is 375 g/mol. The van der Waals surface area contributed by atoms with E-state index < -0.39 is 5.82 Å². The second-order valence-corrected chi connectivity index (χ2v) is 7.03. The van der Waals surface area contributed by atoms with Crippen molar-refractivity contribution in [3.63, 3.8) is 0 Å². The number of nitrogens with one attached hydrogen (secondary N) is 1. The monoisotopic (exact) mass is 400 g/mol. The zero-order valence-corrected chi connectivity index (χ0v) is 16.6. The van der Waals surface area contributed by atoms with Gasteiger partial charge in [-0.1, -0.05) is 6.07 Å². The molecule has 2 aromatic rings. The van der Waals surface area contributed by atoms with E-state index in [0.717, 1.165) is 12.8 Å². The molecule has 2 amide bonds. The summed E-state index contributed by atoms with van der Waals surface area (Å²) >= 11 is 0. The number of piperidine rings is 1. The molecule has 0 spiro atoms. The fourth-order valence-electron chi connectivity index (χ4n) is 3.46. The third kappa shape index (κ3) is 5.04. The van der Waals surface area contributed by atoms with Gasteiger partial charge in [-0.15, -0.1) is 0 Å². The van der Waals surface area contributed by atoms with Gasteiger partial charge in [0.1, 0.15) is 5.82 Å². The lowest BCUT2D eigenvalue weighted by Crippen LogP contribution is -2.41. The van der Waals surface area contributed by atoms with E-state index in [-0.39, 0.29) is 17.7 Å². The number of carbonyl (C=O) groups is 2. The number of methoxy groups -OCH3 is 2. The Hall–Kier alpha value is -3.09. The van der Waals surface area contributed by atoms with Gasteiger partial charge in [0.25, 0.3) is 11.8 Å². The van der Waals surface area contributed by atoms with E-state index in [1.165, 1.54) is 19.2 Å². The zero-order chi connectivity index (χ0) is 20.8. The molecule has 1 heterocycles. The average Bonchev–Trinajstić information content (AvgIpc) is 2.76. The SMILES string of the molecule is COc1ccc(C(=O)NCC2CCN(C(=O)c3cccc(F)c3)CC2)cc1OC. The lowest BCUT2D eigenvalue weighted by atomic mass is 9.96. The van der Waals surface area contributed by atoms with Gasteiger partial charge in [0, 0.05) is 30.8 Å². The Balaban J connectivity index is 1.50. The third-order valence-electron chi connectivity index (χ3n) is 5.17. The first-order chi connectivity index (χ1) is 14.0. The second-order valence-electron chi connectivity index (χ2n) is 7.03. The Morgan fingerprint density at radius 3 is 2.41 bits per heavy atom. The van der Waals surface area contributed by atoms with Crippen LogP contribution in [-0.4, -0.2) is 50.6 Å². The van der Waals surface area contributed by atoms with Crippen LogP contribution < -0.4 is 14.8 Å². The highest BCUT2D eigenvalue weighted by Gasteiger charge is 2.24. The molecule has 0 saturated carbocycles. The smallest absolute Gasteiger partial charge is 0.253 e. The molecule has 0 bridgehead atoms. The summed E-state index contributed by atoms with van der Waals surface area (Å²) in [5.74, 6) is 0.615. The molecular formula is C22H25FN2O4. The molecule has 1 N–H and O–H groups in total. The fraction of sp³-hybridized carbons (Fsp3) is 0.364. The summed E-state index contributed by atoms with van der Waals surface area (Å²) in [6.07, 6.45) is 1.57. The van der Waals surface area contributed by atoms with Crippen LogP contribution in [-0.2, 0) is 0 Å². The van der Waals surface area contributed by atoms with Crippen LogP contribution in [0, 0.1) is 11.7 Å². The molecule has 1 aliphatic heterocycles. The molecule has 3 rings (SSSR count). The third-order valence-corrected chi connectivity index (χ3v) is 5.17. The number of halogens is 1. The van der Waals surface area contributed by atoms with Gasteiger partial charge in [-0.3, -0.25) is 9.59 Å². The van der Waals surface area contributed by atoms with Crippen LogP contribution in [0.15, 0.2) is 42.5 Å². The van der Waals surface area contributed by atoms with Crippen molar-refractivity contribution < 1.29 is 23.5 Å². The van der Waals surface area contributed by atoms with Crippen LogP contribution in [0.25, 0.3) is 0 Å². The van der Waals surface area contributed by atoms with E-state index in [4.69, 9.17) is 9.47 Å². The summed E-state index contributed by atoms with van der Waals surface area (Å²) < 4.78 is 23.8. The highest BCUT2D eigenvalue weighted by Crippen LogP contribution is 2.27. The maximum absolute atomic E-state index is 13.3. The number of amides is 2. The Morgan fingerprint density at radius 1 is 1.03 bits per heavy atom. The van der Waals surface area contributed by atoms with Gasteiger partial charge in [0.05, 0.1) is 14.2 Å². The molecule has 2 aromatic carbocycles. The molecule has 0 atom stereocenters. The molecule has 1 saturated heterocycles. The van der Waals surface area contributed by atoms with E-state index in [0.29, 0.717) is 42.3 Å². The summed E-state index contributed by atoms with van der Waals surface area (Å²) in [6.45, 7) is 1.72. The largest absolute Gasteiger partial charge is 0.493 e. The maximum atomic E-state index is 13.3. The Labute approximate surface area is 169 Å². The summed E-state index contributed by atoms with van der Waals surface area (Å²) in [5.41, 5.74) is 0.867. The Kier molecular flexibility index (Phi) is 6.69. The van der Waals surface area contributed by atoms with Gasteiger partial charge in [0.2, 0.25) is 0 Å². The molecule has 0 radical (unpaired) electrons. The molecule has 0 aliphatic carbocycles. The van der Waals surface area contributed by atoms with Crippen molar-refractivity contribution in [2.75, 3.05) is 33.9 Å². The van der Waals surface area contributed by atoms with Gasteiger partial charge in [-0.25, -0.2) is 4.39 Å². The van der Waals surface area contributed by atoms with Gasteiger partial charge in [0.15, 0.2) is 11.5 Å². The van der Waals surface area contributed by atoms with E-state index in [2.05, 4.69) is 5.32 Å². The molecule has 6 nitrogen and oxygen atoms in total. The van der Waals surface area contributed by atoms with Gasteiger partial charge in [-0.2, -0.15) is 0 Å². The van der Waals surface area contributed by atoms with Crippen molar-refractivity contribution >= 4 is 11.8 Å². The van der Waals surface area contributed by atoms with E-state index in [9.17, 15) is 14.0 Å². The van der Waals surface area contributed by atoms with E-state index in [1.54, 1.807) is 42.3 Å². The first kappa shape index (κ1) is 20.6. The minimum Gasteiger partial charge on any atom is -0.493 e. The molecule has 7 heteroatoms. The van der Waals surface area contributed by atoms with Crippen molar-refractivity contribution in [2.24, 2.45) is 5.92 Å². The van der Waals surface area contributed by atoms with Crippen LogP contribution in [0.3, 0.4) is 0 Å². The molecule has 154 valence electrons. The van der Waals surface area contributed by atoms with Crippen molar-refractivity contribution in [3.8, 4) is 11.5 Å². The summed E-state index contributed by atoms with van der Waals surface area (Å²) in [6, 6.07) is 10.8. The van der Waals surface area contributed by atoms with Gasteiger partial charge < -0.3 is 19.7 Å². The number of likely N-dealkylation sites (tertiary alicyclic amines) is 1. The van der Waals surface area contributed by atoms with Crippen molar-refractivity contribution in [1.82, 2.24) is 10.2 Å². The van der Waals surface area contributed by atoms with Crippen LogP contribution in [0.4, 0.5) is 4.39 Å². The zero-order valence-electron chi connectivity index (χ0n) is 16.6. The summed E-state index contributed by atoms with van der Waals surface area (Å²) in [4.78, 5) is 26.7. The predicted molar refractivity (Wildman–Crippen MR) is 107 cm³/mol. The Morgan fingerprint density at radius 2 is 1.76 bits per heavy atom. The number of hydrogen-bond donors (Lipinski definition) is 1. The molecule has 1 aliphatic rings. The molecule has 0 unspecified atom stereocenters. The number of ether oxygens (including phenoxy) is 2. The van der Waals surface area contributed by atoms with Crippen molar-refractivity contribution in [3.05, 3.63) is 59.4 Å². The number of nitrogens with zero attached hydrogens (tertiary/aromatic N) is 1. The second kappa shape index (κ2) is 9.41. The summed E-state index contributed by atoms with van der Waals surface area (Å²) in [7, 11) is 3.07. The van der Waals surface area contributed by atoms with Crippen LogP contribution in [0.1, 0.15) is 33.6 Å². The van der Waals surface area contributed by atoms with E-state index >= 15 is 0 Å². The van der Waals surface area contributed by atoms with Crippen LogP contribution in [0.5, 0.6) is 11.5 Å². The van der Waals surface area contributed by atoms with Crippen LogP contribution >= 0.6 is 0 Å². The number of hydrogen-bond acceptors (Lipinski definition) is 4. The predicted octanol–water partition coefficient (Wildman–Crippen LogP) is 3.13. The maximum Gasteiger partial charge on any atom is 0.253 e. The quantitative estimate of drug-likeness (QED) is 0.809. The standard InChI is InChI=1S/C22H25FN2O4/c1-28-19-7-6-16(13-20(19)29-2)21(26)24-14-15-8-10-25(11-9-15)22(27)17-4-3-5-18(23)12-17/h3-7,12-13,15H,8-11,14H2,1-2H3,(H,24,26). The average molecular weight is 400 g/mol. The minimum atomic E-state index is -0.413. The topological polar surface area (TPSA) is 67.9 Å². The van der Waals surface area contributed by atoms with Crippen LogP contribution in [0.2, 0.25) is 0 Å². The first-order valence-electron chi connectivity index (χ1n) is 9.57. The van der Waals surface area contributed by atoms with Crippen molar-refractivity contribution in [1.29, 1.82) is 0 Å². The highest BCUT2D eigenvalue weighted by atomic mass is 19.1. The van der Waals surface area contributed by atoms with Gasteiger partial charge >= 0.3 is 0 Å². The highest BCUT2D eigenvalue weighted by molar-refractivity contribution is 5.95. The lowest BCUT2D eigenvalue weighted by Gasteiger charge is -2.32. The minimum absolute atomic E-state index is 0.155. The normalized spacial score (nSPS) is 14.4. The molecule has 1 fully saturated rings. The molecule has 0 aromatic heterocycles. The number of benzene rings is 2.